The predicted molar refractivity (Wildman–Crippen MR) is 76.3 cm³/mol. The second kappa shape index (κ2) is 7.29. The first-order valence-corrected chi connectivity index (χ1v) is 8.11. The number of rotatable bonds is 6. The van der Waals surface area contributed by atoms with Gasteiger partial charge in [-0.05, 0) is 25.8 Å². The molecule has 2 aliphatic rings. The maximum Gasteiger partial charge on any atom is 0.389 e. The van der Waals surface area contributed by atoms with Gasteiger partial charge in [0.1, 0.15) is 0 Å². The van der Waals surface area contributed by atoms with E-state index in [1.54, 1.807) is 0 Å². The van der Waals surface area contributed by atoms with E-state index in [-0.39, 0.29) is 18.0 Å². The molecule has 0 amide bonds. The monoisotopic (exact) mass is 308 g/mol. The zero-order valence-electron chi connectivity index (χ0n) is 12.8. The molecule has 2 fully saturated rings. The molecule has 1 aliphatic carbocycles. The van der Waals surface area contributed by atoms with Gasteiger partial charge in [-0.2, -0.15) is 13.2 Å². The molecular weight excluding hydrogens is 281 g/mol. The van der Waals surface area contributed by atoms with Gasteiger partial charge in [-0.1, -0.05) is 19.8 Å². The molecular formula is C15H27F3N2O. The van der Waals surface area contributed by atoms with Gasteiger partial charge in [0.25, 0.3) is 0 Å². The number of ether oxygens (including phenoxy) is 1. The highest BCUT2D eigenvalue weighted by molar-refractivity contribution is 5.04. The quantitative estimate of drug-likeness (QED) is 0.816. The number of nitrogens with zero attached hydrogens (tertiary/aromatic N) is 1. The van der Waals surface area contributed by atoms with Crippen molar-refractivity contribution in [2.24, 2.45) is 0 Å². The number of alkyl halides is 3. The first kappa shape index (κ1) is 17.0. The molecule has 0 aromatic heterocycles. The molecule has 0 aromatic rings. The molecule has 1 aliphatic heterocycles. The van der Waals surface area contributed by atoms with Gasteiger partial charge in [-0.15, -0.1) is 0 Å². The average Bonchev–Trinajstić information content (AvgIpc) is 2.94. The van der Waals surface area contributed by atoms with E-state index in [0.29, 0.717) is 19.8 Å². The molecule has 124 valence electrons. The number of hydrogen-bond acceptors (Lipinski definition) is 3. The SMILES string of the molecule is CCNC(CCC(F)(F)F)C1(N2CCOCC2)CCCC1. The minimum atomic E-state index is -4.07. The van der Waals surface area contributed by atoms with Crippen LogP contribution in [0.5, 0.6) is 0 Å². The van der Waals surface area contributed by atoms with Gasteiger partial charge in [-0.25, -0.2) is 0 Å². The summed E-state index contributed by atoms with van der Waals surface area (Å²) >= 11 is 0. The van der Waals surface area contributed by atoms with Gasteiger partial charge in [-0.3, -0.25) is 4.90 Å². The first-order valence-electron chi connectivity index (χ1n) is 8.11. The normalized spacial score (nSPS) is 25.1. The Morgan fingerprint density at radius 1 is 1.19 bits per heavy atom. The summed E-state index contributed by atoms with van der Waals surface area (Å²) in [7, 11) is 0. The lowest BCUT2D eigenvalue weighted by molar-refractivity contribution is -0.139. The van der Waals surface area contributed by atoms with Crippen LogP contribution in [0, 0.1) is 0 Å². The second-order valence-corrected chi connectivity index (χ2v) is 6.17. The molecule has 1 heterocycles. The molecule has 1 saturated heterocycles. The molecule has 1 saturated carbocycles. The highest BCUT2D eigenvalue weighted by Gasteiger charge is 2.46. The Hall–Kier alpha value is -0.330. The van der Waals surface area contributed by atoms with E-state index in [1.165, 1.54) is 0 Å². The van der Waals surface area contributed by atoms with E-state index in [4.69, 9.17) is 4.74 Å². The number of halogens is 3. The second-order valence-electron chi connectivity index (χ2n) is 6.17. The predicted octanol–water partition coefficient (Wildman–Crippen LogP) is 2.95. The van der Waals surface area contributed by atoms with Gasteiger partial charge in [0.05, 0.1) is 13.2 Å². The summed E-state index contributed by atoms with van der Waals surface area (Å²) in [6, 6.07) is -0.0790. The van der Waals surface area contributed by atoms with Crippen LogP contribution in [0.3, 0.4) is 0 Å². The van der Waals surface area contributed by atoms with E-state index in [0.717, 1.165) is 38.8 Å². The number of morpholine rings is 1. The molecule has 1 N–H and O–H groups in total. The minimum Gasteiger partial charge on any atom is -0.379 e. The highest BCUT2D eigenvalue weighted by atomic mass is 19.4. The summed E-state index contributed by atoms with van der Waals surface area (Å²) in [6.45, 7) is 5.76. The summed E-state index contributed by atoms with van der Waals surface area (Å²) in [5, 5.41) is 3.35. The van der Waals surface area contributed by atoms with Crippen molar-refractivity contribution in [3.63, 3.8) is 0 Å². The van der Waals surface area contributed by atoms with Crippen LogP contribution in [0.15, 0.2) is 0 Å². The molecule has 3 nitrogen and oxygen atoms in total. The fourth-order valence-corrected chi connectivity index (χ4v) is 4.00. The van der Waals surface area contributed by atoms with Gasteiger partial charge < -0.3 is 10.1 Å². The zero-order chi connectivity index (χ0) is 15.3. The third-order valence-corrected chi connectivity index (χ3v) is 4.93. The van der Waals surface area contributed by atoms with Crippen LogP contribution in [0.25, 0.3) is 0 Å². The Balaban J connectivity index is 2.11. The molecule has 6 heteroatoms. The van der Waals surface area contributed by atoms with Crippen LogP contribution < -0.4 is 5.32 Å². The van der Waals surface area contributed by atoms with Crippen LogP contribution in [0.2, 0.25) is 0 Å². The Morgan fingerprint density at radius 3 is 2.33 bits per heavy atom. The van der Waals surface area contributed by atoms with E-state index in [2.05, 4.69) is 10.2 Å². The Bertz CT molecular complexity index is 311. The molecule has 0 spiro atoms. The average molecular weight is 308 g/mol. The zero-order valence-corrected chi connectivity index (χ0v) is 12.8. The number of hydrogen-bond donors (Lipinski definition) is 1. The van der Waals surface area contributed by atoms with Crippen molar-refractivity contribution in [2.45, 2.75) is 63.2 Å². The lowest BCUT2D eigenvalue weighted by Crippen LogP contribution is -2.62. The smallest absolute Gasteiger partial charge is 0.379 e. The standard InChI is InChI=1S/C15H27F3N2O/c1-2-19-13(5-8-15(16,17)18)14(6-3-4-7-14)20-9-11-21-12-10-20/h13,19H,2-12H2,1H3. The van der Waals surface area contributed by atoms with E-state index >= 15 is 0 Å². The van der Waals surface area contributed by atoms with Crippen molar-refractivity contribution >= 4 is 0 Å². The van der Waals surface area contributed by atoms with Gasteiger partial charge in [0.2, 0.25) is 0 Å². The van der Waals surface area contributed by atoms with Crippen molar-refractivity contribution in [2.75, 3.05) is 32.8 Å². The molecule has 1 unspecified atom stereocenters. The number of nitrogens with one attached hydrogen (secondary N) is 1. The Morgan fingerprint density at radius 2 is 1.81 bits per heavy atom. The number of likely N-dealkylation sites (N-methyl/N-ethyl adjacent to an activating group) is 1. The van der Waals surface area contributed by atoms with Crippen LogP contribution in [-0.4, -0.2) is 55.5 Å². The largest absolute Gasteiger partial charge is 0.389 e. The molecule has 2 rings (SSSR count). The van der Waals surface area contributed by atoms with Gasteiger partial charge >= 0.3 is 6.18 Å². The molecule has 0 radical (unpaired) electrons. The molecule has 0 aromatic carbocycles. The summed E-state index contributed by atoms with van der Waals surface area (Å²) < 4.78 is 43.4. The fraction of sp³-hybridized carbons (Fsp3) is 1.00. The first-order chi connectivity index (χ1) is 9.98. The van der Waals surface area contributed by atoms with E-state index in [9.17, 15) is 13.2 Å². The minimum absolute atomic E-state index is 0.0790. The van der Waals surface area contributed by atoms with Gasteiger partial charge in [0.15, 0.2) is 0 Å². The van der Waals surface area contributed by atoms with Crippen molar-refractivity contribution in [1.82, 2.24) is 10.2 Å². The maximum atomic E-state index is 12.6. The maximum absolute atomic E-state index is 12.6. The Kier molecular flexibility index (Phi) is 5.91. The highest BCUT2D eigenvalue weighted by Crippen LogP contribution is 2.41. The van der Waals surface area contributed by atoms with Crippen LogP contribution >= 0.6 is 0 Å². The third kappa shape index (κ3) is 4.33. The van der Waals surface area contributed by atoms with Crippen molar-refractivity contribution in [1.29, 1.82) is 0 Å². The van der Waals surface area contributed by atoms with Crippen molar-refractivity contribution in [3.05, 3.63) is 0 Å². The van der Waals surface area contributed by atoms with Crippen molar-refractivity contribution in [3.8, 4) is 0 Å². The van der Waals surface area contributed by atoms with Crippen LogP contribution in [0.1, 0.15) is 45.4 Å². The molecule has 1 atom stereocenters. The van der Waals surface area contributed by atoms with Crippen molar-refractivity contribution < 1.29 is 17.9 Å². The lowest BCUT2D eigenvalue weighted by Gasteiger charge is -2.48. The fourth-order valence-electron chi connectivity index (χ4n) is 4.00. The third-order valence-electron chi connectivity index (χ3n) is 4.93. The topological polar surface area (TPSA) is 24.5 Å². The van der Waals surface area contributed by atoms with Crippen LogP contribution in [0.4, 0.5) is 13.2 Å². The summed E-state index contributed by atoms with van der Waals surface area (Å²) in [5.74, 6) is 0. The molecule has 0 bridgehead atoms. The Labute approximate surface area is 125 Å². The van der Waals surface area contributed by atoms with E-state index in [1.807, 2.05) is 6.92 Å². The summed E-state index contributed by atoms with van der Waals surface area (Å²) in [6.07, 6.45) is -0.356. The van der Waals surface area contributed by atoms with E-state index < -0.39 is 12.6 Å². The lowest BCUT2D eigenvalue weighted by atomic mass is 9.83. The van der Waals surface area contributed by atoms with Gasteiger partial charge in [0, 0.05) is 31.1 Å². The summed E-state index contributed by atoms with van der Waals surface area (Å²) in [5.41, 5.74) is -0.106. The summed E-state index contributed by atoms with van der Waals surface area (Å²) in [4.78, 5) is 2.40. The van der Waals surface area contributed by atoms with Crippen LogP contribution in [-0.2, 0) is 4.74 Å². The molecule has 21 heavy (non-hydrogen) atoms.